The predicted molar refractivity (Wildman–Crippen MR) is 105 cm³/mol. The highest BCUT2D eigenvalue weighted by Gasteiger charge is 2.02. The van der Waals surface area contributed by atoms with Crippen LogP contribution in [-0.4, -0.2) is 40.2 Å². The van der Waals surface area contributed by atoms with Gasteiger partial charge in [0.1, 0.15) is 12.3 Å². The van der Waals surface area contributed by atoms with Gasteiger partial charge in [0.2, 0.25) is 0 Å². The van der Waals surface area contributed by atoms with E-state index in [2.05, 4.69) is 22.0 Å². The Labute approximate surface area is 155 Å². The van der Waals surface area contributed by atoms with Crippen LogP contribution in [-0.2, 0) is 17.7 Å². The Balaban J connectivity index is 0.00000163. The highest BCUT2D eigenvalue weighted by molar-refractivity contribution is 5.96. The monoisotopic (exact) mass is 356 g/mol. The maximum absolute atomic E-state index is 7.62. The Hall–Kier alpha value is -2.60. The van der Waals surface area contributed by atoms with Crippen LogP contribution in [0.15, 0.2) is 41.6 Å². The summed E-state index contributed by atoms with van der Waals surface area (Å²) in [6.45, 7) is 6.26. The molecule has 0 aliphatic carbocycles. The number of aliphatic hydroxyl groups is 1. The molecule has 0 radical (unpaired) electrons. The number of hydrogen-bond acceptors (Lipinski definition) is 6. The number of pyridine rings is 2. The largest absolute Gasteiger partial charge is 0.400 e. The Bertz CT molecular complexity index is 729. The molecule has 6 nitrogen and oxygen atoms in total. The van der Waals surface area contributed by atoms with E-state index < -0.39 is 0 Å². The first-order chi connectivity index (χ1) is 12.6. The molecule has 6 heteroatoms. The van der Waals surface area contributed by atoms with Gasteiger partial charge >= 0.3 is 0 Å². The van der Waals surface area contributed by atoms with Crippen molar-refractivity contribution in [3.8, 4) is 0 Å². The van der Waals surface area contributed by atoms with Gasteiger partial charge in [-0.1, -0.05) is 24.2 Å². The third kappa shape index (κ3) is 7.11. The molecule has 0 aliphatic heterocycles. The molecule has 0 fully saturated rings. The average Bonchev–Trinajstić information content (AvgIpc) is 2.69. The van der Waals surface area contributed by atoms with Crippen LogP contribution in [0.2, 0.25) is 0 Å². The van der Waals surface area contributed by atoms with Gasteiger partial charge in [-0.15, -0.1) is 0 Å². The van der Waals surface area contributed by atoms with Crippen molar-refractivity contribution < 1.29 is 9.94 Å². The molecular formula is C20H28N4O2. The van der Waals surface area contributed by atoms with Crippen LogP contribution in [0.25, 0.3) is 0 Å². The molecule has 2 rings (SSSR count). The fraction of sp³-hybridized carbons (Fsp3) is 0.400. The standard InChI is InChI=1S/C19H24N4O.CH4O/c1-4-16-8-5-12-19(21-16)15(3)23-24-13-7-10-17-9-6-11-18(22-17)14(2)20;1-2/h5-6,8-9,11-12,20H,4,7,10,13H2,1-3H3;2H,1H3/b20-14?,23-15+;. The average molecular weight is 356 g/mol. The van der Waals surface area contributed by atoms with Crippen LogP contribution in [0.3, 0.4) is 0 Å². The van der Waals surface area contributed by atoms with Crippen molar-refractivity contribution >= 4 is 11.4 Å². The second-order valence-corrected chi connectivity index (χ2v) is 5.62. The van der Waals surface area contributed by atoms with E-state index >= 15 is 0 Å². The lowest BCUT2D eigenvalue weighted by molar-refractivity contribution is 0.141. The molecular weight excluding hydrogens is 328 g/mol. The maximum Gasteiger partial charge on any atom is 0.117 e. The van der Waals surface area contributed by atoms with Crippen LogP contribution >= 0.6 is 0 Å². The summed E-state index contributed by atoms with van der Waals surface area (Å²) in [5.74, 6) is 0. The predicted octanol–water partition coefficient (Wildman–Crippen LogP) is 3.41. The van der Waals surface area contributed by atoms with Crippen molar-refractivity contribution in [2.45, 2.75) is 40.0 Å². The van der Waals surface area contributed by atoms with Gasteiger partial charge in [-0.25, -0.2) is 0 Å². The van der Waals surface area contributed by atoms with E-state index in [1.807, 2.05) is 43.3 Å². The lowest BCUT2D eigenvalue weighted by Gasteiger charge is -2.05. The number of aryl methyl sites for hydroxylation is 2. The molecule has 140 valence electrons. The van der Waals surface area contributed by atoms with Crippen molar-refractivity contribution in [2.75, 3.05) is 13.7 Å². The molecule has 0 saturated carbocycles. The number of rotatable bonds is 8. The normalized spacial score (nSPS) is 10.7. The zero-order valence-corrected chi connectivity index (χ0v) is 16.0. The van der Waals surface area contributed by atoms with Gasteiger partial charge in [-0.2, -0.15) is 0 Å². The van der Waals surface area contributed by atoms with Crippen LogP contribution < -0.4 is 0 Å². The SMILES string of the molecule is CCc1cccc(/C(C)=N/OCCCc2cccc(C(C)=N)n2)n1.CO. The summed E-state index contributed by atoms with van der Waals surface area (Å²) in [7, 11) is 1.00. The van der Waals surface area contributed by atoms with E-state index in [1.54, 1.807) is 6.92 Å². The molecule has 0 saturated heterocycles. The number of aliphatic hydroxyl groups excluding tert-OH is 1. The molecule has 2 aromatic rings. The maximum atomic E-state index is 7.62. The van der Waals surface area contributed by atoms with E-state index in [0.29, 0.717) is 12.3 Å². The first kappa shape index (κ1) is 21.4. The fourth-order valence-corrected chi connectivity index (χ4v) is 2.21. The number of nitrogens with zero attached hydrogens (tertiary/aromatic N) is 3. The molecule has 0 spiro atoms. The van der Waals surface area contributed by atoms with E-state index in [0.717, 1.165) is 54.9 Å². The first-order valence-electron chi connectivity index (χ1n) is 8.69. The van der Waals surface area contributed by atoms with Crippen molar-refractivity contribution in [1.82, 2.24) is 9.97 Å². The van der Waals surface area contributed by atoms with Gasteiger partial charge in [0.15, 0.2) is 0 Å². The van der Waals surface area contributed by atoms with Crippen molar-refractivity contribution in [1.29, 1.82) is 5.41 Å². The van der Waals surface area contributed by atoms with Crippen molar-refractivity contribution in [3.05, 3.63) is 59.2 Å². The lowest BCUT2D eigenvalue weighted by atomic mass is 10.2. The number of aromatic nitrogens is 2. The van der Waals surface area contributed by atoms with Crippen molar-refractivity contribution in [3.63, 3.8) is 0 Å². The summed E-state index contributed by atoms with van der Waals surface area (Å²) in [6, 6.07) is 11.7. The first-order valence-corrected chi connectivity index (χ1v) is 8.69. The molecule has 0 bridgehead atoms. The summed E-state index contributed by atoms with van der Waals surface area (Å²) >= 11 is 0. The molecule has 2 aromatic heterocycles. The minimum absolute atomic E-state index is 0.482. The fourth-order valence-electron chi connectivity index (χ4n) is 2.21. The van der Waals surface area contributed by atoms with Crippen LogP contribution in [0.1, 0.15) is 50.0 Å². The van der Waals surface area contributed by atoms with Gasteiger partial charge in [0, 0.05) is 18.5 Å². The van der Waals surface area contributed by atoms with Gasteiger partial charge in [0.25, 0.3) is 0 Å². The van der Waals surface area contributed by atoms with E-state index in [-0.39, 0.29) is 0 Å². The zero-order valence-electron chi connectivity index (χ0n) is 16.0. The van der Waals surface area contributed by atoms with Gasteiger partial charge in [-0.3, -0.25) is 9.97 Å². The molecule has 26 heavy (non-hydrogen) atoms. The minimum atomic E-state index is 0.482. The van der Waals surface area contributed by atoms with Crippen molar-refractivity contribution in [2.24, 2.45) is 5.16 Å². The molecule has 2 N–H and O–H groups in total. The zero-order chi connectivity index (χ0) is 19.4. The molecule has 0 aliphatic rings. The minimum Gasteiger partial charge on any atom is -0.400 e. The number of hydrogen-bond donors (Lipinski definition) is 2. The van der Waals surface area contributed by atoms with Gasteiger partial charge < -0.3 is 15.4 Å². The molecule has 2 heterocycles. The summed E-state index contributed by atoms with van der Waals surface area (Å²) < 4.78 is 0. The quantitative estimate of drug-likeness (QED) is 0.431. The van der Waals surface area contributed by atoms with E-state index in [9.17, 15) is 0 Å². The second kappa shape index (κ2) is 11.9. The second-order valence-electron chi connectivity index (χ2n) is 5.62. The van der Waals surface area contributed by atoms with Crippen LogP contribution in [0, 0.1) is 5.41 Å². The van der Waals surface area contributed by atoms with Gasteiger partial charge in [-0.05, 0) is 57.4 Å². The van der Waals surface area contributed by atoms with E-state index in [1.165, 1.54) is 0 Å². The Morgan fingerprint density at radius 1 is 1.04 bits per heavy atom. The number of nitrogens with one attached hydrogen (secondary N) is 1. The molecule has 0 atom stereocenters. The lowest BCUT2D eigenvalue weighted by Crippen LogP contribution is -2.03. The highest BCUT2D eigenvalue weighted by atomic mass is 16.6. The Morgan fingerprint density at radius 2 is 1.65 bits per heavy atom. The topological polar surface area (TPSA) is 91.5 Å². The summed E-state index contributed by atoms with van der Waals surface area (Å²) in [6.07, 6.45) is 2.54. The summed E-state index contributed by atoms with van der Waals surface area (Å²) in [4.78, 5) is 14.4. The molecule has 0 amide bonds. The van der Waals surface area contributed by atoms with Gasteiger partial charge in [0.05, 0.1) is 17.1 Å². The highest BCUT2D eigenvalue weighted by Crippen LogP contribution is 2.05. The Morgan fingerprint density at radius 3 is 2.31 bits per heavy atom. The molecule has 0 aromatic carbocycles. The molecule has 0 unspecified atom stereocenters. The summed E-state index contributed by atoms with van der Waals surface area (Å²) in [5.41, 5.74) is 4.87. The number of oxime groups is 1. The summed E-state index contributed by atoms with van der Waals surface area (Å²) in [5, 5.41) is 18.8. The van der Waals surface area contributed by atoms with Crippen LogP contribution in [0.4, 0.5) is 0 Å². The Kier molecular flexibility index (Phi) is 9.79. The third-order valence-corrected chi connectivity index (χ3v) is 3.60. The van der Waals surface area contributed by atoms with E-state index in [4.69, 9.17) is 15.4 Å². The van der Waals surface area contributed by atoms with Crippen LogP contribution in [0.5, 0.6) is 0 Å². The third-order valence-electron chi connectivity index (χ3n) is 3.60. The smallest absolute Gasteiger partial charge is 0.117 e.